The fourth-order valence-electron chi connectivity index (χ4n) is 2.03. The Labute approximate surface area is 124 Å². The van der Waals surface area contributed by atoms with E-state index < -0.39 is 10.0 Å². The molecule has 1 heterocycles. The summed E-state index contributed by atoms with van der Waals surface area (Å²) in [7, 11) is -2.13. The number of anilines is 1. The summed E-state index contributed by atoms with van der Waals surface area (Å²) in [5.41, 5.74) is 4.32. The van der Waals surface area contributed by atoms with Gasteiger partial charge in [0.15, 0.2) is 5.82 Å². The Bertz CT molecular complexity index is 731. The predicted octanol–water partition coefficient (Wildman–Crippen LogP) is 1.50. The molecule has 0 aliphatic heterocycles. The minimum atomic E-state index is -3.66. The zero-order chi connectivity index (χ0) is 15.5. The number of hydrogen-bond donors (Lipinski definition) is 2. The number of benzene rings is 1. The monoisotopic (exact) mass is 306 g/mol. The highest BCUT2D eigenvalue weighted by molar-refractivity contribution is 7.89. The normalized spacial score (nSPS) is 11.6. The summed E-state index contributed by atoms with van der Waals surface area (Å²) in [5.74, 6) is 5.46. The van der Waals surface area contributed by atoms with Crippen molar-refractivity contribution in [3.8, 4) is 0 Å². The highest BCUT2D eigenvalue weighted by Crippen LogP contribution is 2.22. The lowest BCUT2D eigenvalue weighted by molar-refractivity contribution is 0.466. The van der Waals surface area contributed by atoms with Gasteiger partial charge in [-0.2, -0.15) is 4.31 Å². The van der Waals surface area contributed by atoms with Gasteiger partial charge in [0.25, 0.3) is 0 Å². The van der Waals surface area contributed by atoms with Crippen LogP contribution >= 0.6 is 0 Å². The number of aromatic nitrogens is 1. The van der Waals surface area contributed by atoms with E-state index in [9.17, 15) is 8.42 Å². The van der Waals surface area contributed by atoms with E-state index in [1.807, 2.05) is 31.2 Å². The number of sulfonamides is 1. The van der Waals surface area contributed by atoms with E-state index in [0.29, 0.717) is 0 Å². The van der Waals surface area contributed by atoms with Crippen molar-refractivity contribution in [3.05, 3.63) is 53.7 Å². The molecular formula is C14H18N4O2S. The lowest BCUT2D eigenvalue weighted by atomic mass is 10.1. The quantitative estimate of drug-likeness (QED) is 0.645. The topological polar surface area (TPSA) is 88.3 Å². The van der Waals surface area contributed by atoms with Crippen molar-refractivity contribution in [2.24, 2.45) is 5.84 Å². The first-order valence-corrected chi connectivity index (χ1v) is 7.82. The van der Waals surface area contributed by atoms with Crippen LogP contribution < -0.4 is 11.3 Å². The molecule has 0 amide bonds. The molecule has 7 heteroatoms. The van der Waals surface area contributed by atoms with E-state index in [2.05, 4.69) is 10.4 Å². The van der Waals surface area contributed by atoms with Crippen molar-refractivity contribution in [1.29, 1.82) is 0 Å². The molecule has 1 aromatic carbocycles. The van der Waals surface area contributed by atoms with Gasteiger partial charge < -0.3 is 5.43 Å². The average molecular weight is 306 g/mol. The van der Waals surface area contributed by atoms with Crippen molar-refractivity contribution < 1.29 is 8.42 Å². The van der Waals surface area contributed by atoms with E-state index in [4.69, 9.17) is 5.84 Å². The molecule has 0 saturated carbocycles. The molecule has 0 radical (unpaired) electrons. The minimum Gasteiger partial charge on any atom is -0.307 e. The van der Waals surface area contributed by atoms with Crippen LogP contribution in [0.25, 0.3) is 0 Å². The van der Waals surface area contributed by atoms with Crippen LogP contribution in [0.2, 0.25) is 0 Å². The van der Waals surface area contributed by atoms with Crippen LogP contribution in [0.1, 0.15) is 11.1 Å². The first-order valence-electron chi connectivity index (χ1n) is 6.38. The third kappa shape index (κ3) is 3.38. The zero-order valence-electron chi connectivity index (χ0n) is 11.9. The summed E-state index contributed by atoms with van der Waals surface area (Å²) in [4.78, 5) is 3.98. The Morgan fingerprint density at radius 3 is 2.71 bits per heavy atom. The largest absolute Gasteiger partial charge is 0.307 e. The van der Waals surface area contributed by atoms with Gasteiger partial charge in [0.2, 0.25) is 10.0 Å². The highest BCUT2D eigenvalue weighted by Gasteiger charge is 2.24. The van der Waals surface area contributed by atoms with Crippen molar-refractivity contribution >= 4 is 15.8 Å². The first-order chi connectivity index (χ1) is 9.95. The molecule has 3 N–H and O–H groups in total. The van der Waals surface area contributed by atoms with Gasteiger partial charge in [0.1, 0.15) is 4.90 Å². The van der Waals surface area contributed by atoms with E-state index in [0.717, 1.165) is 11.1 Å². The molecular weight excluding hydrogens is 288 g/mol. The summed E-state index contributed by atoms with van der Waals surface area (Å²) in [6.45, 7) is 2.25. The molecule has 21 heavy (non-hydrogen) atoms. The third-order valence-electron chi connectivity index (χ3n) is 3.08. The van der Waals surface area contributed by atoms with Gasteiger partial charge in [-0.1, -0.05) is 29.8 Å². The van der Waals surface area contributed by atoms with Crippen molar-refractivity contribution in [2.45, 2.75) is 18.4 Å². The summed E-state index contributed by atoms with van der Waals surface area (Å²) >= 11 is 0. The fraction of sp³-hybridized carbons (Fsp3) is 0.214. The van der Waals surface area contributed by atoms with Crippen LogP contribution in [0.4, 0.5) is 5.82 Å². The Morgan fingerprint density at radius 2 is 2.05 bits per heavy atom. The third-order valence-corrected chi connectivity index (χ3v) is 4.92. The molecule has 2 aromatic rings. The van der Waals surface area contributed by atoms with E-state index in [1.165, 1.54) is 23.6 Å². The van der Waals surface area contributed by atoms with Crippen molar-refractivity contribution in [2.75, 3.05) is 12.5 Å². The second-order valence-electron chi connectivity index (χ2n) is 4.74. The number of hydrazine groups is 1. The van der Waals surface area contributed by atoms with Crippen LogP contribution in [-0.4, -0.2) is 24.8 Å². The predicted molar refractivity (Wildman–Crippen MR) is 81.9 cm³/mol. The summed E-state index contributed by atoms with van der Waals surface area (Å²) in [6.07, 6.45) is 1.48. The van der Waals surface area contributed by atoms with Gasteiger partial charge in [-0.3, -0.25) is 0 Å². The maximum absolute atomic E-state index is 12.6. The number of nitrogens with one attached hydrogen (secondary N) is 1. The smallest absolute Gasteiger partial charge is 0.246 e. The van der Waals surface area contributed by atoms with Gasteiger partial charge >= 0.3 is 0 Å². The number of rotatable bonds is 5. The SMILES string of the molecule is Cc1cccc(CN(C)S(=O)(=O)c2cccnc2NN)c1. The van der Waals surface area contributed by atoms with Crippen LogP contribution in [0.3, 0.4) is 0 Å². The van der Waals surface area contributed by atoms with Crippen LogP contribution in [0, 0.1) is 6.92 Å². The molecule has 6 nitrogen and oxygen atoms in total. The number of nitrogens with zero attached hydrogens (tertiary/aromatic N) is 2. The molecule has 1 aromatic heterocycles. The Hall–Kier alpha value is -1.96. The Kier molecular flexibility index (Phi) is 4.56. The molecule has 0 aliphatic rings. The molecule has 0 aliphatic carbocycles. The molecule has 0 spiro atoms. The summed E-state index contributed by atoms with van der Waals surface area (Å²) in [5, 5.41) is 0. The lowest BCUT2D eigenvalue weighted by Crippen LogP contribution is -2.28. The second kappa shape index (κ2) is 6.21. The highest BCUT2D eigenvalue weighted by atomic mass is 32.2. The van der Waals surface area contributed by atoms with E-state index in [-0.39, 0.29) is 17.3 Å². The van der Waals surface area contributed by atoms with Gasteiger partial charge in [0, 0.05) is 19.8 Å². The molecule has 0 saturated heterocycles. The molecule has 0 fully saturated rings. The molecule has 0 unspecified atom stereocenters. The maximum atomic E-state index is 12.6. The number of aryl methyl sites for hydroxylation is 1. The minimum absolute atomic E-state index is 0.0580. The Morgan fingerprint density at radius 1 is 1.29 bits per heavy atom. The van der Waals surface area contributed by atoms with Gasteiger partial charge in [-0.15, -0.1) is 0 Å². The van der Waals surface area contributed by atoms with Crippen molar-refractivity contribution in [1.82, 2.24) is 9.29 Å². The molecule has 112 valence electrons. The number of nitrogen functional groups attached to an aromatic ring is 1. The standard InChI is InChI=1S/C14H18N4O2S/c1-11-5-3-6-12(9-11)10-18(2)21(19,20)13-7-4-8-16-14(13)17-15/h3-9H,10,15H2,1-2H3,(H,16,17). The average Bonchev–Trinajstić information content (AvgIpc) is 2.47. The summed E-state index contributed by atoms with van der Waals surface area (Å²) in [6, 6.07) is 10.8. The van der Waals surface area contributed by atoms with Gasteiger partial charge in [-0.25, -0.2) is 19.2 Å². The zero-order valence-corrected chi connectivity index (χ0v) is 12.8. The first kappa shape index (κ1) is 15.4. The molecule has 2 rings (SSSR count). The number of hydrogen-bond acceptors (Lipinski definition) is 5. The van der Waals surface area contributed by atoms with Crippen LogP contribution in [0.15, 0.2) is 47.5 Å². The second-order valence-corrected chi connectivity index (χ2v) is 6.76. The molecule has 0 bridgehead atoms. The summed E-state index contributed by atoms with van der Waals surface area (Å²) < 4.78 is 26.5. The van der Waals surface area contributed by atoms with Crippen molar-refractivity contribution in [3.63, 3.8) is 0 Å². The lowest BCUT2D eigenvalue weighted by Gasteiger charge is -2.18. The van der Waals surface area contributed by atoms with Crippen LogP contribution in [-0.2, 0) is 16.6 Å². The van der Waals surface area contributed by atoms with E-state index >= 15 is 0 Å². The maximum Gasteiger partial charge on any atom is 0.246 e. The van der Waals surface area contributed by atoms with E-state index in [1.54, 1.807) is 6.07 Å². The molecule has 0 atom stereocenters. The number of pyridine rings is 1. The van der Waals surface area contributed by atoms with Crippen LogP contribution in [0.5, 0.6) is 0 Å². The van der Waals surface area contributed by atoms with Gasteiger partial charge in [0.05, 0.1) is 0 Å². The fourth-order valence-corrected chi connectivity index (χ4v) is 3.29. The Balaban J connectivity index is 2.31. The van der Waals surface area contributed by atoms with Gasteiger partial charge in [-0.05, 0) is 24.6 Å². The number of nitrogens with two attached hydrogens (primary N) is 1.